The number of anilines is 1. The number of carbonyl (C=O) groups excluding carboxylic acids is 1. The molecule has 0 radical (unpaired) electrons. The van der Waals surface area contributed by atoms with E-state index in [1.54, 1.807) is 21.8 Å². The molecule has 1 amide bonds. The number of nitriles is 1. The molecule has 0 unspecified atom stereocenters. The lowest BCUT2D eigenvalue weighted by Gasteiger charge is -2.32. The van der Waals surface area contributed by atoms with Crippen LogP contribution in [0.2, 0.25) is 0 Å². The third-order valence-corrected chi connectivity index (χ3v) is 5.13. The molecule has 0 saturated carbocycles. The summed E-state index contributed by atoms with van der Waals surface area (Å²) >= 11 is 0. The fourth-order valence-electron chi connectivity index (χ4n) is 3.62. The number of hydrogen-bond donors (Lipinski definition) is 2. The van der Waals surface area contributed by atoms with Crippen LogP contribution in [0, 0.1) is 17.1 Å². The summed E-state index contributed by atoms with van der Waals surface area (Å²) in [6.45, 7) is 0.671. The third-order valence-electron chi connectivity index (χ3n) is 5.13. The molecule has 0 spiro atoms. The predicted octanol–water partition coefficient (Wildman–Crippen LogP) is 1.62. The van der Waals surface area contributed by atoms with Gasteiger partial charge in [-0.2, -0.15) is 19.7 Å². The van der Waals surface area contributed by atoms with E-state index in [1.165, 1.54) is 0 Å². The lowest BCUT2D eigenvalue weighted by Crippen LogP contribution is -2.44. The first-order valence-electron chi connectivity index (χ1n) is 10.3. The number of aliphatic hydroxyl groups is 1. The number of carbonyl (C=O) groups is 1. The Labute approximate surface area is 183 Å². The number of hydrogen-bond acceptors (Lipinski definition) is 8. The summed E-state index contributed by atoms with van der Waals surface area (Å²) < 4.78 is 22.7. The van der Waals surface area contributed by atoms with E-state index < -0.39 is 11.9 Å². The van der Waals surface area contributed by atoms with Gasteiger partial charge in [-0.15, -0.1) is 0 Å². The van der Waals surface area contributed by atoms with Gasteiger partial charge in [-0.25, -0.2) is 9.50 Å². The molecule has 3 aromatic heterocycles. The van der Waals surface area contributed by atoms with Crippen LogP contribution < -0.4 is 10.1 Å². The Hall–Kier alpha value is -3.78. The Morgan fingerprint density at radius 1 is 1.41 bits per heavy atom. The van der Waals surface area contributed by atoms with E-state index in [-0.39, 0.29) is 49.5 Å². The van der Waals surface area contributed by atoms with Crippen molar-refractivity contribution in [1.82, 2.24) is 24.5 Å². The summed E-state index contributed by atoms with van der Waals surface area (Å²) in [5.74, 6) is -1.18. The standard InChI is InChI=1S/C21H22FN7O3/c22-18-20(24-8-11-30)26-19(15-12-25-29-10-2-1-5-16(15)29)27-21(18)32-14-4-3-9-28(13-14)17(31)6-7-23/h1-2,5,10,12,14,30H,3-4,6,8-9,11,13H2,(H,24,26,27)/t14-/m1/s1. The van der Waals surface area contributed by atoms with Crippen LogP contribution in [0.4, 0.5) is 10.2 Å². The van der Waals surface area contributed by atoms with Gasteiger partial charge in [0.25, 0.3) is 5.88 Å². The number of halogens is 1. The van der Waals surface area contributed by atoms with E-state index in [9.17, 15) is 4.79 Å². The molecule has 4 rings (SSSR count). The van der Waals surface area contributed by atoms with E-state index >= 15 is 4.39 Å². The van der Waals surface area contributed by atoms with E-state index in [0.717, 1.165) is 5.52 Å². The van der Waals surface area contributed by atoms with Crippen LogP contribution in [0.3, 0.4) is 0 Å². The molecule has 3 aromatic rings. The van der Waals surface area contributed by atoms with Gasteiger partial charge in [0, 0.05) is 19.3 Å². The van der Waals surface area contributed by atoms with E-state index in [1.807, 2.05) is 24.3 Å². The zero-order valence-electron chi connectivity index (χ0n) is 17.2. The summed E-state index contributed by atoms with van der Waals surface area (Å²) in [6, 6.07) is 7.38. The zero-order chi connectivity index (χ0) is 22.5. The van der Waals surface area contributed by atoms with Crippen molar-refractivity contribution in [1.29, 1.82) is 5.26 Å². The van der Waals surface area contributed by atoms with E-state index in [4.69, 9.17) is 15.1 Å². The number of ether oxygens (including phenoxy) is 1. The fraction of sp³-hybridized carbons (Fsp3) is 0.381. The van der Waals surface area contributed by atoms with Crippen LogP contribution in [-0.4, -0.2) is 67.8 Å². The molecule has 11 heteroatoms. The minimum atomic E-state index is -0.779. The van der Waals surface area contributed by atoms with Gasteiger partial charge in [0.2, 0.25) is 11.7 Å². The summed E-state index contributed by atoms with van der Waals surface area (Å²) in [5, 5.41) is 24.9. The average Bonchev–Trinajstić information content (AvgIpc) is 3.24. The van der Waals surface area contributed by atoms with Crippen LogP contribution in [0.5, 0.6) is 5.88 Å². The number of aliphatic hydroxyl groups excluding tert-OH is 1. The van der Waals surface area contributed by atoms with Crippen LogP contribution >= 0.6 is 0 Å². The maximum Gasteiger partial charge on any atom is 0.256 e. The summed E-state index contributed by atoms with van der Waals surface area (Å²) in [4.78, 5) is 22.2. The van der Waals surface area contributed by atoms with Gasteiger partial charge in [0.15, 0.2) is 11.6 Å². The normalized spacial score (nSPS) is 16.0. The Morgan fingerprint density at radius 3 is 3.09 bits per heavy atom. The average molecular weight is 439 g/mol. The third kappa shape index (κ3) is 4.45. The summed E-state index contributed by atoms with van der Waals surface area (Å²) in [6.07, 6.45) is 3.97. The van der Waals surface area contributed by atoms with Crippen LogP contribution in [0.25, 0.3) is 16.9 Å². The molecule has 1 aliphatic heterocycles. The smallest absolute Gasteiger partial charge is 0.256 e. The van der Waals surface area contributed by atoms with Crippen LogP contribution in [-0.2, 0) is 4.79 Å². The predicted molar refractivity (Wildman–Crippen MR) is 112 cm³/mol. The molecular formula is C21H22FN7O3. The van der Waals surface area contributed by atoms with Gasteiger partial charge in [0.1, 0.15) is 12.5 Å². The maximum atomic E-state index is 15.1. The van der Waals surface area contributed by atoms with Gasteiger partial charge in [-0.3, -0.25) is 4.79 Å². The van der Waals surface area contributed by atoms with Gasteiger partial charge >= 0.3 is 0 Å². The van der Waals surface area contributed by atoms with Gasteiger partial charge in [-0.1, -0.05) is 6.07 Å². The van der Waals surface area contributed by atoms with Crippen LogP contribution in [0.15, 0.2) is 30.6 Å². The maximum absolute atomic E-state index is 15.1. The first kappa shape index (κ1) is 21.5. The second-order valence-corrected chi connectivity index (χ2v) is 7.31. The van der Waals surface area contributed by atoms with Crippen molar-refractivity contribution in [3.05, 3.63) is 36.4 Å². The van der Waals surface area contributed by atoms with E-state index in [0.29, 0.717) is 24.9 Å². The molecule has 0 bridgehead atoms. The van der Waals surface area contributed by atoms with Crippen molar-refractivity contribution >= 4 is 17.2 Å². The van der Waals surface area contributed by atoms with Crippen molar-refractivity contribution in [2.45, 2.75) is 25.4 Å². The lowest BCUT2D eigenvalue weighted by atomic mass is 10.1. The Morgan fingerprint density at radius 2 is 2.28 bits per heavy atom. The molecule has 1 atom stereocenters. The topological polar surface area (TPSA) is 129 Å². The molecule has 4 heterocycles. The number of piperidine rings is 1. The van der Waals surface area contributed by atoms with Crippen molar-refractivity contribution in [2.75, 3.05) is 31.6 Å². The number of nitrogens with zero attached hydrogens (tertiary/aromatic N) is 6. The van der Waals surface area contributed by atoms with Gasteiger partial charge in [0.05, 0.1) is 36.5 Å². The lowest BCUT2D eigenvalue weighted by molar-refractivity contribution is -0.132. The monoisotopic (exact) mass is 439 g/mol. The highest BCUT2D eigenvalue weighted by Gasteiger charge is 2.27. The highest BCUT2D eigenvalue weighted by molar-refractivity contribution is 5.78. The Balaban J connectivity index is 1.66. The number of pyridine rings is 1. The molecule has 10 nitrogen and oxygen atoms in total. The Kier molecular flexibility index (Phi) is 6.42. The first-order chi connectivity index (χ1) is 15.6. The molecule has 0 aliphatic carbocycles. The van der Waals surface area contributed by atoms with E-state index in [2.05, 4.69) is 20.4 Å². The molecule has 166 valence electrons. The highest BCUT2D eigenvalue weighted by Crippen LogP contribution is 2.29. The van der Waals surface area contributed by atoms with Crippen molar-refractivity contribution < 1.29 is 19.0 Å². The number of aromatic nitrogens is 4. The second-order valence-electron chi connectivity index (χ2n) is 7.31. The van der Waals surface area contributed by atoms with Crippen LogP contribution in [0.1, 0.15) is 19.3 Å². The second kappa shape index (κ2) is 9.57. The molecular weight excluding hydrogens is 417 g/mol. The molecule has 0 aromatic carbocycles. The number of amides is 1. The molecule has 32 heavy (non-hydrogen) atoms. The van der Waals surface area contributed by atoms with Crippen molar-refractivity contribution in [2.24, 2.45) is 0 Å². The number of likely N-dealkylation sites (tertiary alicyclic amines) is 1. The van der Waals surface area contributed by atoms with Gasteiger partial charge in [-0.05, 0) is 25.0 Å². The first-order valence-corrected chi connectivity index (χ1v) is 10.3. The Bertz CT molecular complexity index is 1160. The number of fused-ring (bicyclic) bond motifs is 1. The minimum Gasteiger partial charge on any atom is -0.470 e. The summed E-state index contributed by atoms with van der Waals surface area (Å²) in [7, 11) is 0. The fourth-order valence-corrected chi connectivity index (χ4v) is 3.62. The number of rotatable bonds is 7. The highest BCUT2D eigenvalue weighted by atomic mass is 19.1. The van der Waals surface area contributed by atoms with Crippen molar-refractivity contribution in [3.8, 4) is 23.3 Å². The quantitative estimate of drug-likeness (QED) is 0.568. The largest absolute Gasteiger partial charge is 0.470 e. The van der Waals surface area contributed by atoms with Crippen molar-refractivity contribution in [3.63, 3.8) is 0 Å². The molecule has 1 saturated heterocycles. The SMILES string of the molecule is N#CCC(=O)N1CCC[C@@H](Oc2nc(-c3cnn4ccccc34)nc(NCCO)c2F)C1. The molecule has 2 N–H and O–H groups in total. The van der Waals surface area contributed by atoms with Gasteiger partial charge < -0.3 is 20.1 Å². The summed E-state index contributed by atoms with van der Waals surface area (Å²) in [5.41, 5.74) is 1.33. The molecule has 1 fully saturated rings. The molecule has 1 aliphatic rings. The zero-order valence-corrected chi connectivity index (χ0v) is 17.2. The number of nitrogens with one attached hydrogen (secondary N) is 1. The minimum absolute atomic E-state index is 0.0949.